The number of halogens is 1. The minimum atomic E-state index is -0.307. The van der Waals surface area contributed by atoms with Crippen LogP contribution in [-0.2, 0) is 6.54 Å². The van der Waals surface area contributed by atoms with Crippen LogP contribution in [-0.4, -0.2) is 11.1 Å². The van der Waals surface area contributed by atoms with E-state index in [1.165, 1.54) is 6.20 Å². The van der Waals surface area contributed by atoms with Gasteiger partial charge in [-0.05, 0) is 12.1 Å². The molecule has 17 heavy (non-hydrogen) atoms. The van der Waals surface area contributed by atoms with Crippen LogP contribution in [0.3, 0.4) is 0 Å². The molecule has 1 heterocycles. The number of carbonyl (C=O) groups is 1. The molecule has 0 saturated carbocycles. The molecular weight excluding hydrogens is 242 g/mol. The van der Waals surface area contributed by atoms with Crippen molar-refractivity contribution < 1.29 is 9.32 Å². The van der Waals surface area contributed by atoms with Crippen LogP contribution >= 0.6 is 11.6 Å². The van der Waals surface area contributed by atoms with Crippen LogP contribution in [0.25, 0.3) is 0 Å². The summed E-state index contributed by atoms with van der Waals surface area (Å²) in [7, 11) is 0. The Balaban J connectivity index is 2.07. The first-order valence-corrected chi connectivity index (χ1v) is 5.28. The van der Waals surface area contributed by atoms with E-state index in [1.54, 1.807) is 24.3 Å². The second-order valence-electron chi connectivity index (χ2n) is 3.37. The van der Waals surface area contributed by atoms with Gasteiger partial charge in [-0.3, -0.25) is 4.79 Å². The lowest BCUT2D eigenvalue weighted by molar-refractivity contribution is 0.0947. The summed E-state index contributed by atoms with van der Waals surface area (Å²) in [6, 6.07) is 6.58. The summed E-state index contributed by atoms with van der Waals surface area (Å²) in [5.74, 6) is 0.261. The predicted octanol–water partition coefficient (Wildman–Crippen LogP) is 1.84. The molecule has 2 rings (SSSR count). The topological polar surface area (TPSA) is 81.2 Å². The number of nitrogens with one attached hydrogen (secondary N) is 1. The number of amides is 1. The molecule has 0 fully saturated rings. The molecule has 1 amide bonds. The van der Waals surface area contributed by atoms with Crippen molar-refractivity contribution in [2.75, 3.05) is 5.73 Å². The standard InChI is InChI=1S/C11H10ClN3O2/c12-10-8(2-1-3-9(10)13)11(16)14-6-7-4-5-15-17-7/h1-5H,6,13H2,(H,14,16). The van der Waals surface area contributed by atoms with Crippen LogP contribution in [0.5, 0.6) is 0 Å². The van der Waals surface area contributed by atoms with Gasteiger partial charge in [0.15, 0.2) is 5.76 Å². The van der Waals surface area contributed by atoms with Gasteiger partial charge in [-0.25, -0.2) is 0 Å². The fourth-order valence-electron chi connectivity index (χ4n) is 1.32. The van der Waals surface area contributed by atoms with E-state index in [0.29, 0.717) is 17.0 Å². The van der Waals surface area contributed by atoms with Gasteiger partial charge in [0.25, 0.3) is 5.91 Å². The molecule has 1 aromatic heterocycles. The van der Waals surface area contributed by atoms with E-state index in [1.807, 2.05) is 0 Å². The number of hydrogen-bond acceptors (Lipinski definition) is 4. The van der Waals surface area contributed by atoms with Crippen LogP contribution in [0.1, 0.15) is 16.1 Å². The van der Waals surface area contributed by atoms with Crippen LogP contribution in [0.2, 0.25) is 5.02 Å². The highest BCUT2D eigenvalue weighted by Gasteiger charge is 2.12. The Morgan fingerprint density at radius 3 is 3.00 bits per heavy atom. The molecule has 0 saturated heterocycles. The van der Waals surface area contributed by atoms with E-state index in [0.717, 1.165) is 0 Å². The third-order valence-electron chi connectivity index (χ3n) is 2.19. The molecule has 0 aliphatic rings. The molecule has 5 nitrogen and oxygen atoms in total. The average Bonchev–Trinajstić information content (AvgIpc) is 2.82. The molecule has 1 aromatic carbocycles. The second-order valence-corrected chi connectivity index (χ2v) is 3.75. The fourth-order valence-corrected chi connectivity index (χ4v) is 1.53. The zero-order valence-electron chi connectivity index (χ0n) is 8.81. The molecule has 6 heteroatoms. The lowest BCUT2D eigenvalue weighted by atomic mass is 10.2. The average molecular weight is 252 g/mol. The molecule has 2 aromatic rings. The van der Waals surface area contributed by atoms with Crippen molar-refractivity contribution in [1.82, 2.24) is 10.5 Å². The first kappa shape index (κ1) is 11.5. The SMILES string of the molecule is Nc1cccc(C(=O)NCc2ccno2)c1Cl. The van der Waals surface area contributed by atoms with Crippen molar-refractivity contribution in [3.63, 3.8) is 0 Å². The Hall–Kier alpha value is -2.01. The Kier molecular flexibility index (Phi) is 3.30. The lowest BCUT2D eigenvalue weighted by Gasteiger charge is -2.06. The molecule has 3 N–H and O–H groups in total. The van der Waals surface area contributed by atoms with Crippen LogP contribution in [0.15, 0.2) is 35.0 Å². The molecule has 0 aliphatic heterocycles. The summed E-state index contributed by atoms with van der Waals surface area (Å²) in [4.78, 5) is 11.8. The lowest BCUT2D eigenvalue weighted by Crippen LogP contribution is -2.23. The number of carbonyl (C=O) groups excluding carboxylic acids is 1. The normalized spacial score (nSPS) is 10.2. The summed E-state index contributed by atoms with van der Waals surface area (Å²) in [5, 5.41) is 6.44. The number of anilines is 1. The Morgan fingerprint density at radius 1 is 1.47 bits per heavy atom. The van der Waals surface area contributed by atoms with Gasteiger partial charge in [0.1, 0.15) is 0 Å². The fraction of sp³-hybridized carbons (Fsp3) is 0.0909. The molecule has 88 valence electrons. The van der Waals surface area contributed by atoms with Gasteiger partial charge in [0.2, 0.25) is 0 Å². The summed E-state index contributed by atoms with van der Waals surface area (Å²) >= 11 is 5.93. The van der Waals surface area contributed by atoms with E-state index in [-0.39, 0.29) is 17.5 Å². The zero-order chi connectivity index (χ0) is 12.3. The zero-order valence-corrected chi connectivity index (χ0v) is 9.57. The number of nitrogen functional groups attached to an aromatic ring is 1. The summed E-state index contributed by atoms with van der Waals surface area (Å²) < 4.78 is 4.85. The Morgan fingerprint density at radius 2 is 2.29 bits per heavy atom. The quantitative estimate of drug-likeness (QED) is 0.816. The monoisotopic (exact) mass is 251 g/mol. The minimum Gasteiger partial charge on any atom is -0.398 e. The second kappa shape index (κ2) is 4.88. The first-order valence-electron chi connectivity index (χ1n) is 4.90. The molecule has 0 spiro atoms. The van der Waals surface area contributed by atoms with Crippen molar-refractivity contribution >= 4 is 23.2 Å². The first-order chi connectivity index (χ1) is 8.18. The maximum Gasteiger partial charge on any atom is 0.253 e. The summed E-state index contributed by atoms with van der Waals surface area (Å²) in [6.45, 7) is 0.254. The molecule has 0 radical (unpaired) electrons. The van der Waals surface area contributed by atoms with E-state index in [4.69, 9.17) is 21.9 Å². The molecular formula is C11H10ClN3O2. The van der Waals surface area contributed by atoms with E-state index in [9.17, 15) is 4.79 Å². The molecule has 0 bridgehead atoms. The number of benzene rings is 1. The van der Waals surface area contributed by atoms with Crippen molar-refractivity contribution in [2.24, 2.45) is 0 Å². The molecule has 0 unspecified atom stereocenters. The maximum absolute atomic E-state index is 11.8. The predicted molar refractivity (Wildman–Crippen MR) is 63.5 cm³/mol. The van der Waals surface area contributed by atoms with Crippen LogP contribution in [0, 0.1) is 0 Å². The van der Waals surface area contributed by atoms with Crippen LogP contribution < -0.4 is 11.1 Å². The van der Waals surface area contributed by atoms with Gasteiger partial charge in [0.05, 0.1) is 29.0 Å². The maximum atomic E-state index is 11.8. The van der Waals surface area contributed by atoms with Gasteiger partial charge in [-0.15, -0.1) is 0 Å². The third-order valence-corrected chi connectivity index (χ3v) is 2.61. The van der Waals surface area contributed by atoms with Crippen molar-refractivity contribution in [3.05, 3.63) is 46.8 Å². The number of nitrogens with zero attached hydrogens (tertiary/aromatic N) is 1. The van der Waals surface area contributed by atoms with Crippen molar-refractivity contribution in [2.45, 2.75) is 6.54 Å². The van der Waals surface area contributed by atoms with Gasteiger partial charge >= 0.3 is 0 Å². The van der Waals surface area contributed by atoms with Crippen molar-refractivity contribution in [1.29, 1.82) is 0 Å². The Bertz CT molecular complexity index is 526. The third kappa shape index (κ3) is 2.57. The van der Waals surface area contributed by atoms with Gasteiger partial charge in [-0.2, -0.15) is 0 Å². The smallest absolute Gasteiger partial charge is 0.253 e. The highest BCUT2D eigenvalue weighted by molar-refractivity contribution is 6.36. The van der Waals surface area contributed by atoms with Crippen molar-refractivity contribution in [3.8, 4) is 0 Å². The highest BCUT2D eigenvalue weighted by atomic mass is 35.5. The van der Waals surface area contributed by atoms with Gasteiger partial charge in [0, 0.05) is 6.07 Å². The van der Waals surface area contributed by atoms with E-state index >= 15 is 0 Å². The number of rotatable bonds is 3. The highest BCUT2D eigenvalue weighted by Crippen LogP contribution is 2.22. The number of nitrogens with two attached hydrogens (primary N) is 1. The van der Waals surface area contributed by atoms with Crippen LogP contribution in [0.4, 0.5) is 5.69 Å². The Labute approximate surface area is 103 Å². The van der Waals surface area contributed by atoms with E-state index in [2.05, 4.69) is 10.5 Å². The minimum absolute atomic E-state index is 0.252. The van der Waals surface area contributed by atoms with Gasteiger partial charge < -0.3 is 15.6 Å². The van der Waals surface area contributed by atoms with E-state index < -0.39 is 0 Å². The summed E-state index contributed by atoms with van der Waals surface area (Å²) in [6.07, 6.45) is 1.51. The molecule has 0 atom stereocenters. The van der Waals surface area contributed by atoms with Gasteiger partial charge in [-0.1, -0.05) is 22.8 Å². The summed E-state index contributed by atoms with van der Waals surface area (Å²) in [5.41, 5.74) is 6.32. The number of aromatic nitrogens is 1. The molecule has 0 aliphatic carbocycles. The largest absolute Gasteiger partial charge is 0.398 e. The number of hydrogen-bond donors (Lipinski definition) is 2.